The molecule has 4 N–H and O–H groups in total. The topological polar surface area (TPSA) is 134 Å². The van der Waals surface area contributed by atoms with Crippen molar-refractivity contribution < 1.29 is 18.7 Å². The molecule has 2 rings (SSSR count). The minimum absolute atomic E-state index is 0.00210. The minimum Gasteiger partial charge on any atom is -0.506 e. The molecule has 0 aliphatic carbocycles. The fourth-order valence-electron chi connectivity index (χ4n) is 2.52. The summed E-state index contributed by atoms with van der Waals surface area (Å²) in [4.78, 5) is 27.8. The molecule has 0 amide bonds. The molecule has 160 valence electrons. The van der Waals surface area contributed by atoms with Gasteiger partial charge in [0.1, 0.15) is 11.4 Å². The average molecular weight is 466 g/mol. The van der Waals surface area contributed by atoms with E-state index in [4.69, 9.17) is 32.2 Å². The van der Waals surface area contributed by atoms with Gasteiger partial charge in [-0.1, -0.05) is 23.2 Å². The maximum Gasteiger partial charge on any atom is 0.357 e. The van der Waals surface area contributed by atoms with Gasteiger partial charge in [0.15, 0.2) is 5.78 Å². The van der Waals surface area contributed by atoms with Gasteiger partial charge in [0, 0.05) is 16.8 Å². The van der Waals surface area contributed by atoms with Crippen LogP contribution in [0.1, 0.15) is 39.0 Å². The quantitative estimate of drug-likeness (QED) is 0.428. The molecule has 0 bridgehead atoms. The zero-order chi connectivity index (χ0) is 21.9. The number of halogens is 2. The van der Waals surface area contributed by atoms with Crippen LogP contribution in [0.4, 0.5) is 5.69 Å². The zero-order valence-electron chi connectivity index (χ0n) is 16.2. The normalized spacial score (nSPS) is 13.1. The molecule has 29 heavy (non-hydrogen) atoms. The number of H-pyrrole nitrogens is 2. The first-order chi connectivity index (χ1) is 13.4. The lowest BCUT2D eigenvalue weighted by Crippen LogP contribution is -2.27. The lowest BCUT2D eigenvalue weighted by Gasteiger charge is -2.31. The van der Waals surface area contributed by atoms with Crippen molar-refractivity contribution in [1.82, 2.24) is 9.97 Å². The third-order valence-corrected chi connectivity index (χ3v) is 6.47. The standard InChI is InChI=1S/C17H22Cl2N3O6P/c1-8(2)27-29(26,28-9(3)4)16(11-5-10(18)6-12(19)14(11)23)21-13-7-20-17(25)22-15(13)24/h5-9,16,21,23H,1-4H3,(H2,20,22,24,25). The first-order valence-electron chi connectivity index (χ1n) is 8.66. The maximum atomic E-state index is 13.8. The summed E-state index contributed by atoms with van der Waals surface area (Å²) in [6.07, 6.45) is 0.0658. The Morgan fingerprint density at radius 2 is 1.69 bits per heavy atom. The van der Waals surface area contributed by atoms with E-state index in [2.05, 4.69) is 15.3 Å². The van der Waals surface area contributed by atoms with E-state index in [-0.39, 0.29) is 21.3 Å². The SMILES string of the molecule is CC(C)OP(=O)(OC(C)C)C(Nc1c[nH]c(=O)[nH]c1=O)c1cc(Cl)cc(Cl)c1O. The Bertz CT molecular complexity index is 1020. The second-order valence-corrected chi connectivity index (χ2v) is 9.57. The largest absolute Gasteiger partial charge is 0.506 e. The van der Waals surface area contributed by atoms with E-state index < -0.39 is 42.6 Å². The van der Waals surface area contributed by atoms with Crippen LogP contribution in [-0.2, 0) is 13.6 Å². The second kappa shape index (κ2) is 9.36. The van der Waals surface area contributed by atoms with Crippen LogP contribution in [-0.4, -0.2) is 27.3 Å². The number of aromatic hydroxyl groups is 1. The van der Waals surface area contributed by atoms with Gasteiger partial charge in [-0.25, -0.2) is 4.79 Å². The Balaban J connectivity index is 2.71. The van der Waals surface area contributed by atoms with E-state index in [1.165, 1.54) is 12.1 Å². The third kappa shape index (κ3) is 5.87. The highest BCUT2D eigenvalue weighted by atomic mass is 35.5. The third-order valence-electron chi connectivity index (χ3n) is 3.50. The van der Waals surface area contributed by atoms with Crippen molar-refractivity contribution in [2.24, 2.45) is 0 Å². The molecule has 0 fully saturated rings. The number of aromatic nitrogens is 2. The molecule has 9 nitrogen and oxygen atoms in total. The molecule has 0 aliphatic rings. The molecule has 1 unspecified atom stereocenters. The van der Waals surface area contributed by atoms with Gasteiger partial charge in [-0.05, 0) is 39.8 Å². The number of benzene rings is 1. The van der Waals surface area contributed by atoms with E-state index in [0.29, 0.717) is 0 Å². The highest BCUT2D eigenvalue weighted by molar-refractivity contribution is 7.54. The van der Waals surface area contributed by atoms with Crippen LogP contribution in [0.5, 0.6) is 5.75 Å². The Hall–Kier alpha value is -1.77. The monoisotopic (exact) mass is 465 g/mol. The summed E-state index contributed by atoms with van der Waals surface area (Å²) in [6.45, 7) is 6.63. The Labute approximate surface area is 176 Å². The Morgan fingerprint density at radius 1 is 1.10 bits per heavy atom. The van der Waals surface area contributed by atoms with Gasteiger partial charge < -0.3 is 24.5 Å². The molecule has 2 aromatic rings. The van der Waals surface area contributed by atoms with Gasteiger partial charge in [0.25, 0.3) is 5.56 Å². The number of anilines is 1. The van der Waals surface area contributed by atoms with Crippen molar-refractivity contribution in [2.75, 3.05) is 5.32 Å². The summed E-state index contributed by atoms with van der Waals surface area (Å²) in [5, 5.41) is 13.3. The van der Waals surface area contributed by atoms with Crippen molar-refractivity contribution in [1.29, 1.82) is 0 Å². The van der Waals surface area contributed by atoms with Crippen LogP contribution in [0.25, 0.3) is 0 Å². The van der Waals surface area contributed by atoms with Crippen LogP contribution >= 0.6 is 30.8 Å². The molecule has 1 aromatic heterocycles. The predicted octanol–water partition coefficient (Wildman–Crippen LogP) is 4.23. The van der Waals surface area contributed by atoms with Gasteiger partial charge >= 0.3 is 13.3 Å². The average Bonchev–Trinajstić information content (AvgIpc) is 2.56. The second-order valence-electron chi connectivity index (χ2n) is 6.71. The predicted molar refractivity (Wildman–Crippen MR) is 112 cm³/mol. The number of phenolic OH excluding ortho intramolecular Hbond substituents is 1. The molecule has 1 aromatic carbocycles. The number of hydrogen-bond donors (Lipinski definition) is 4. The lowest BCUT2D eigenvalue weighted by atomic mass is 10.2. The van der Waals surface area contributed by atoms with Gasteiger partial charge in [-0.3, -0.25) is 14.3 Å². The van der Waals surface area contributed by atoms with Crippen LogP contribution < -0.4 is 16.6 Å². The van der Waals surface area contributed by atoms with E-state index in [1.807, 2.05) is 0 Å². The van der Waals surface area contributed by atoms with Gasteiger partial charge in [-0.15, -0.1) is 0 Å². The number of aromatic amines is 2. The van der Waals surface area contributed by atoms with E-state index in [1.54, 1.807) is 27.7 Å². The molecule has 0 saturated heterocycles. The summed E-state index contributed by atoms with van der Waals surface area (Å²) in [7, 11) is -4.06. The lowest BCUT2D eigenvalue weighted by molar-refractivity contribution is 0.137. The molecule has 0 aliphatic heterocycles. The summed E-state index contributed by atoms with van der Waals surface area (Å²) in [5.74, 6) is -1.77. The van der Waals surface area contributed by atoms with Crippen LogP contribution in [0.2, 0.25) is 10.0 Å². The van der Waals surface area contributed by atoms with Crippen LogP contribution in [0.3, 0.4) is 0 Å². The van der Waals surface area contributed by atoms with E-state index in [0.717, 1.165) is 6.20 Å². The fraction of sp³-hybridized carbons (Fsp3) is 0.412. The van der Waals surface area contributed by atoms with Crippen LogP contribution in [0.15, 0.2) is 27.9 Å². The van der Waals surface area contributed by atoms with Crippen molar-refractivity contribution in [3.05, 3.63) is 54.8 Å². The molecule has 1 heterocycles. The molecule has 0 radical (unpaired) electrons. The van der Waals surface area contributed by atoms with Crippen molar-refractivity contribution >= 4 is 36.5 Å². The number of nitrogens with one attached hydrogen (secondary N) is 3. The van der Waals surface area contributed by atoms with Crippen molar-refractivity contribution in [2.45, 2.75) is 45.7 Å². The number of rotatable bonds is 8. The number of phenols is 1. The highest BCUT2D eigenvalue weighted by Gasteiger charge is 2.41. The van der Waals surface area contributed by atoms with Crippen molar-refractivity contribution in [3.63, 3.8) is 0 Å². The molecule has 0 saturated carbocycles. The van der Waals surface area contributed by atoms with Gasteiger partial charge in [0.05, 0.1) is 17.2 Å². The van der Waals surface area contributed by atoms with Gasteiger partial charge in [-0.2, -0.15) is 0 Å². The molecule has 0 spiro atoms. The first-order valence-corrected chi connectivity index (χ1v) is 11.0. The smallest absolute Gasteiger partial charge is 0.357 e. The van der Waals surface area contributed by atoms with Crippen molar-refractivity contribution in [3.8, 4) is 5.75 Å². The summed E-state index contributed by atoms with van der Waals surface area (Å²) < 4.78 is 25.1. The zero-order valence-corrected chi connectivity index (χ0v) is 18.6. The summed E-state index contributed by atoms with van der Waals surface area (Å²) >= 11 is 12.1. The fourth-order valence-corrected chi connectivity index (χ4v) is 5.33. The number of hydrogen-bond acceptors (Lipinski definition) is 7. The van der Waals surface area contributed by atoms with Crippen LogP contribution in [0, 0.1) is 0 Å². The first kappa shape index (κ1) is 23.5. The highest BCUT2D eigenvalue weighted by Crippen LogP contribution is 2.63. The minimum atomic E-state index is -4.06. The molecule has 1 atom stereocenters. The van der Waals surface area contributed by atoms with E-state index >= 15 is 0 Å². The molecular formula is C17H22Cl2N3O6P. The Kier molecular flexibility index (Phi) is 7.59. The molecular weight excluding hydrogens is 444 g/mol. The Morgan fingerprint density at radius 3 is 2.21 bits per heavy atom. The van der Waals surface area contributed by atoms with Gasteiger partial charge in [0.2, 0.25) is 0 Å². The molecule has 12 heteroatoms. The maximum absolute atomic E-state index is 13.8. The summed E-state index contributed by atoms with van der Waals surface area (Å²) in [6, 6.07) is 2.64. The summed E-state index contributed by atoms with van der Waals surface area (Å²) in [5.41, 5.74) is -1.62. The van der Waals surface area contributed by atoms with E-state index in [9.17, 15) is 19.3 Å².